The lowest BCUT2D eigenvalue weighted by Gasteiger charge is -2.25. The molecule has 2 aromatic heterocycles. The molecule has 0 amide bonds. The quantitative estimate of drug-likeness (QED) is 0.243. The Balaban J connectivity index is 1.21. The molecule has 6 rings (SSSR count). The van der Waals surface area contributed by atoms with Gasteiger partial charge in [-0.2, -0.15) is 13.2 Å². The van der Waals surface area contributed by atoms with E-state index >= 15 is 0 Å². The number of ether oxygens (including phenoxy) is 4. The molecule has 4 atom stereocenters. The van der Waals surface area contributed by atoms with Gasteiger partial charge < -0.3 is 23.8 Å². The maximum Gasteiger partial charge on any atom is 0.416 e. The Morgan fingerprint density at radius 3 is 2.58 bits per heavy atom. The van der Waals surface area contributed by atoms with Crippen molar-refractivity contribution in [1.82, 2.24) is 19.5 Å². The molecule has 9 nitrogen and oxygen atoms in total. The molecule has 2 aliphatic rings. The average molecular weight is 602 g/mol. The highest BCUT2D eigenvalue weighted by molar-refractivity contribution is 5.83. The van der Waals surface area contributed by atoms with Crippen LogP contribution in [0.15, 0.2) is 55.1 Å². The van der Waals surface area contributed by atoms with Gasteiger partial charge in [0.1, 0.15) is 30.5 Å². The standard InChI is InChI=1S/C30H31F4N5O4/c1-17-8-19(10-20(9-17)30(32,33)34)13-40-14-22-24-25(43-29(2,3)42-24)28(41-22)39-16-37-23-26(35-15-36-27(23)39)38(4)12-18-6-5-7-21(31)11-18/h5-11,15-16,22,24-25,28H,12-14H2,1-4H3/t22-,24-,25-,28-/m1/s1. The summed E-state index contributed by atoms with van der Waals surface area (Å²) in [5.41, 5.74) is 2.00. The summed E-state index contributed by atoms with van der Waals surface area (Å²) in [7, 11) is 1.84. The molecule has 0 unspecified atom stereocenters. The van der Waals surface area contributed by atoms with E-state index < -0.39 is 42.1 Å². The molecule has 2 saturated heterocycles. The number of imidazole rings is 1. The Morgan fingerprint density at radius 1 is 1.02 bits per heavy atom. The van der Waals surface area contributed by atoms with Crippen molar-refractivity contribution < 1.29 is 36.5 Å². The van der Waals surface area contributed by atoms with Crippen LogP contribution in [-0.4, -0.2) is 57.3 Å². The summed E-state index contributed by atoms with van der Waals surface area (Å²) in [5, 5.41) is 0. The van der Waals surface area contributed by atoms with Crippen molar-refractivity contribution in [2.45, 2.75) is 70.4 Å². The minimum Gasteiger partial charge on any atom is -0.374 e. The van der Waals surface area contributed by atoms with E-state index in [2.05, 4.69) is 15.0 Å². The maximum absolute atomic E-state index is 13.7. The summed E-state index contributed by atoms with van der Waals surface area (Å²) in [6, 6.07) is 10.2. The molecule has 4 aromatic rings. The summed E-state index contributed by atoms with van der Waals surface area (Å²) in [4.78, 5) is 15.3. The SMILES string of the molecule is Cc1cc(COC[C@H]2O[C@@H](n3cnc4c(N(C)Cc5cccc(F)c5)ncnc43)[C@@H]3OC(C)(C)O[C@@H]32)cc(C(F)(F)F)c1. The van der Waals surface area contributed by atoms with Crippen LogP contribution in [-0.2, 0) is 38.3 Å². The first-order chi connectivity index (χ1) is 20.4. The third-order valence-electron chi connectivity index (χ3n) is 7.42. The summed E-state index contributed by atoms with van der Waals surface area (Å²) >= 11 is 0. The number of aryl methyl sites for hydroxylation is 1. The number of hydrogen-bond acceptors (Lipinski definition) is 8. The molecule has 4 heterocycles. The first kappa shape index (κ1) is 29.4. The van der Waals surface area contributed by atoms with Gasteiger partial charge in [0.25, 0.3) is 0 Å². The highest BCUT2D eigenvalue weighted by Crippen LogP contribution is 2.44. The predicted molar refractivity (Wildman–Crippen MR) is 147 cm³/mol. The first-order valence-electron chi connectivity index (χ1n) is 13.8. The largest absolute Gasteiger partial charge is 0.416 e. The zero-order chi connectivity index (χ0) is 30.5. The third kappa shape index (κ3) is 6.07. The Labute approximate surface area is 245 Å². The predicted octanol–water partition coefficient (Wildman–Crippen LogP) is 5.56. The van der Waals surface area contributed by atoms with Gasteiger partial charge in [-0.15, -0.1) is 0 Å². The number of nitrogens with zero attached hydrogens (tertiary/aromatic N) is 5. The molecule has 228 valence electrons. The van der Waals surface area contributed by atoms with Crippen LogP contribution in [0.25, 0.3) is 11.2 Å². The summed E-state index contributed by atoms with van der Waals surface area (Å²) in [5.74, 6) is -0.654. The number of hydrogen-bond donors (Lipinski definition) is 0. The fraction of sp³-hybridized carbons (Fsp3) is 0.433. The van der Waals surface area contributed by atoms with E-state index in [1.807, 2.05) is 18.0 Å². The van der Waals surface area contributed by atoms with Gasteiger partial charge in [0.2, 0.25) is 0 Å². The van der Waals surface area contributed by atoms with Crippen LogP contribution < -0.4 is 4.90 Å². The van der Waals surface area contributed by atoms with Gasteiger partial charge in [-0.1, -0.05) is 23.8 Å². The number of alkyl halides is 3. The van der Waals surface area contributed by atoms with Crippen LogP contribution in [0.3, 0.4) is 0 Å². The number of halogens is 4. The van der Waals surface area contributed by atoms with Gasteiger partial charge in [-0.3, -0.25) is 4.57 Å². The minimum absolute atomic E-state index is 0.0286. The van der Waals surface area contributed by atoms with Gasteiger partial charge in [0.05, 0.1) is 25.1 Å². The summed E-state index contributed by atoms with van der Waals surface area (Å²) in [6.45, 7) is 5.66. The Bertz CT molecular complexity index is 1630. The van der Waals surface area contributed by atoms with Gasteiger partial charge in [0.15, 0.2) is 29.0 Å². The fourth-order valence-corrected chi connectivity index (χ4v) is 5.71. The number of rotatable bonds is 8. The average Bonchev–Trinajstić information content (AvgIpc) is 3.58. The van der Waals surface area contributed by atoms with E-state index in [1.165, 1.54) is 18.5 Å². The molecular weight excluding hydrogens is 570 g/mol. The van der Waals surface area contributed by atoms with E-state index in [0.29, 0.717) is 34.7 Å². The van der Waals surface area contributed by atoms with Crippen LogP contribution in [0.1, 0.15) is 42.3 Å². The lowest BCUT2D eigenvalue weighted by Crippen LogP contribution is -2.32. The van der Waals surface area contributed by atoms with Gasteiger partial charge in [-0.25, -0.2) is 19.3 Å². The molecule has 0 spiro atoms. The van der Waals surface area contributed by atoms with Gasteiger partial charge in [0, 0.05) is 13.6 Å². The highest BCUT2D eigenvalue weighted by atomic mass is 19.4. The monoisotopic (exact) mass is 601 g/mol. The molecular formula is C30H31F4N5O4. The van der Waals surface area contributed by atoms with Crippen molar-refractivity contribution in [2.75, 3.05) is 18.6 Å². The van der Waals surface area contributed by atoms with Crippen molar-refractivity contribution >= 4 is 17.0 Å². The van der Waals surface area contributed by atoms with E-state index in [0.717, 1.165) is 17.7 Å². The second-order valence-corrected chi connectivity index (χ2v) is 11.4. The van der Waals surface area contributed by atoms with Crippen molar-refractivity contribution in [3.63, 3.8) is 0 Å². The molecule has 0 bridgehead atoms. The summed E-state index contributed by atoms with van der Waals surface area (Å²) in [6.07, 6.45) is -3.68. The van der Waals surface area contributed by atoms with E-state index in [-0.39, 0.29) is 19.0 Å². The lowest BCUT2D eigenvalue weighted by molar-refractivity contribution is -0.202. The minimum atomic E-state index is -4.44. The molecule has 13 heteroatoms. The molecule has 0 radical (unpaired) electrons. The van der Waals surface area contributed by atoms with E-state index in [4.69, 9.17) is 18.9 Å². The Morgan fingerprint density at radius 2 is 1.81 bits per heavy atom. The zero-order valence-electron chi connectivity index (χ0n) is 24.0. The van der Waals surface area contributed by atoms with Crippen molar-refractivity contribution in [3.8, 4) is 0 Å². The van der Waals surface area contributed by atoms with Crippen molar-refractivity contribution in [1.29, 1.82) is 0 Å². The molecule has 0 N–H and O–H groups in total. The molecule has 2 fully saturated rings. The van der Waals surface area contributed by atoms with Crippen LogP contribution in [0.5, 0.6) is 0 Å². The van der Waals surface area contributed by atoms with E-state index in [9.17, 15) is 17.6 Å². The second-order valence-electron chi connectivity index (χ2n) is 11.4. The highest BCUT2D eigenvalue weighted by Gasteiger charge is 2.56. The normalized spacial score (nSPS) is 23.2. The molecule has 43 heavy (non-hydrogen) atoms. The number of fused-ring (bicyclic) bond motifs is 2. The number of aromatic nitrogens is 4. The third-order valence-corrected chi connectivity index (χ3v) is 7.42. The van der Waals surface area contributed by atoms with E-state index in [1.54, 1.807) is 43.8 Å². The molecule has 2 aliphatic heterocycles. The summed E-state index contributed by atoms with van der Waals surface area (Å²) < 4.78 is 80.0. The second kappa shape index (κ2) is 11.1. The molecule has 2 aromatic carbocycles. The Kier molecular flexibility index (Phi) is 7.61. The van der Waals surface area contributed by atoms with Crippen LogP contribution >= 0.6 is 0 Å². The smallest absolute Gasteiger partial charge is 0.374 e. The van der Waals surface area contributed by atoms with Gasteiger partial charge >= 0.3 is 6.18 Å². The zero-order valence-corrected chi connectivity index (χ0v) is 24.0. The topological polar surface area (TPSA) is 83.8 Å². The number of anilines is 1. The maximum atomic E-state index is 13.7. The number of benzene rings is 2. The van der Waals surface area contributed by atoms with Crippen LogP contribution in [0.4, 0.5) is 23.4 Å². The van der Waals surface area contributed by atoms with Gasteiger partial charge in [-0.05, 0) is 56.2 Å². The molecule has 0 aliphatic carbocycles. The van der Waals surface area contributed by atoms with Crippen LogP contribution in [0.2, 0.25) is 0 Å². The Hall–Kier alpha value is -3.65. The first-order valence-corrected chi connectivity index (χ1v) is 13.8. The molecule has 0 saturated carbocycles. The van der Waals surface area contributed by atoms with Crippen LogP contribution in [0, 0.1) is 12.7 Å². The van der Waals surface area contributed by atoms with Crippen molar-refractivity contribution in [2.24, 2.45) is 0 Å². The fourth-order valence-electron chi connectivity index (χ4n) is 5.71. The van der Waals surface area contributed by atoms with Crippen molar-refractivity contribution in [3.05, 3.63) is 83.2 Å². The lowest BCUT2D eigenvalue weighted by atomic mass is 10.1.